The van der Waals surface area contributed by atoms with Gasteiger partial charge < -0.3 is 33.7 Å². The van der Waals surface area contributed by atoms with E-state index in [9.17, 15) is 19.2 Å². The van der Waals surface area contributed by atoms with Gasteiger partial charge in [-0.3, -0.25) is 29.3 Å². The maximum absolute atomic E-state index is 14.6. The van der Waals surface area contributed by atoms with Crippen LogP contribution in [0.15, 0.2) is 53.2 Å². The van der Waals surface area contributed by atoms with E-state index >= 15 is 0 Å². The summed E-state index contributed by atoms with van der Waals surface area (Å²) in [4.78, 5) is 69.5. The number of hydrazine groups is 1. The first-order valence-electron chi connectivity index (χ1n) is 21.9. The van der Waals surface area contributed by atoms with E-state index in [1.807, 2.05) is 18.4 Å². The number of likely N-dealkylation sites (N-methyl/N-ethyl adjacent to an activating group) is 2. The highest BCUT2D eigenvalue weighted by Gasteiger charge is 2.46. The normalized spacial score (nSPS) is 20.1. The molecule has 16 nitrogen and oxygen atoms in total. The van der Waals surface area contributed by atoms with Crippen molar-refractivity contribution in [2.75, 3.05) is 61.3 Å². The van der Waals surface area contributed by atoms with E-state index in [4.69, 9.17) is 28.9 Å². The molecule has 4 aromatic rings. The van der Waals surface area contributed by atoms with Gasteiger partial charge in [0.1, 0.15) is 23.3 Å². The number of urea groups is 1. The molecule has 0 radical (unpaired) electrons. The summed E-state index contributed by atoms with van der Waals surface area (Å²) in [5.74, 6) is -1.50. The number of thiazole rings is 1. The molecule has 17 heteroatoms. The number of esters is 1. The van der Waals surface area contributed by atoms with Crippen LogP contribution >= 0.6 is 11.3 Å². The molecule has 344 valence electrons. The van der Waals surface area contributed by atoms with Crippen LogP contribution in [-0.4, -0.2) is 132 Å². The van der Waals surface area contributed by atoms with Gasteiger partial charge in [0.2, 0.25) is 0 Å². The molecule has 64 heavy (non-hydrogen) atoms. The van der Waals surface area contributed by atoms with E-state index < -0.39 is 46.9 Å². The molecule has 2 saturated heterocycles. The number of nitrogens with one attached hydrogen (secondary N) is 2. The van der Waals surface area contributed by atoms with Crippen molar-refractivity contribution in [1.29, 1.82) is 0 Å². The van der Waals surface area contributed by atoms with E-state index in [0.717, 1.165) is 44.7 Å². The molecule has 6 heterocycles. The van der Waals surface area contributed by atoms with Crippen LogP contribution in [0.3, 0.4) is 0 Å². The highest BCUT2D eigenvalue weighted by molar-refractivity contribution is 7.10. The van der Waals surface area contributed by atoms with Gasteiger partial charge in [0.05, 0.1) is 54.6 Å². The fraction of sp³-hybridized carbons (Fsp3) is 0.532. The lowest BCUT2D eigenvalue weighted by atomic mass is 9.84. The highest BCUT2D eigenvalue weighted by Crippen LogP contribution is 2.42. The minimum atomic E-state index is -1.11. The summed E-state index contributed by atoms with van der Waals surface area (Å²) >= 11 is 1.40. The van der Waals surface area contributed by atoms with E-state index in [2.05, 4.69) is 60.3 Å². The second-order valence-corrected chi connectivity index (χ2v) is 19.1. The molecule has 3 aliphatic heterocycles. The number of cyclic esters (lactones) is 1. The Kier molecular flexibility index (Phi) is 14.0. The van der Waals surface area contributed by atoms with Gasteiger partial charge in [0.25, 0.3) is 11.8 Å². The van der Waals surface area contributed by atoms with Gasteiger partial charge in [-0.25, -0.2) is 15.2 Å². The highest BCUT2D eigenvalue weighted by atomic mass is 32.1. The largest absolute Gasteiger partial charge is 0.464 e. The Morgan fingerprint density at radius 2 is 1.89 bits per heavy atom. The van der Waals surface area contributed by atoms with Crippen LogP contribution in [-0.2, 0) is 52.7 Å². The van der Waals surface area contributed by atoms with Gasteiger partial charge >= 0.3 is 12.0 Å². The number of hydrogen-bond acceptors (Lipinski definition) is 12. The molecule has 3 aromatic heterocycles. The number of rotatable bonds is 10. The first-order chi connectivity index (χ1) is 30.5. The lowest BCUT2D eigenvalue weighted by Crippen LogP contribution is -2.67. The van der Waals surface area contributed by atoms with Crippen molar-refractivity contribution in [2.45, 2.75) is 97.5 Å². The van der Waals surface area contributed by atoms with Crippen LogP contribution < -0.4 is 10.7 Å². The van der Waals surface area contributed by atoms with Crippen LogP contribution in [0, 0.1) is 5.41 Å². The van der Waals surface area contributed by atoms with Crippen molar-refractivity contribution in [2.24, 2.45) is 5.41 Å². The topological polar surface area (TPSA) is 170 Å². The molecule has 3 atom stereocenters. The SMILES string of the molecule is CCn1c(-c2cccnc2[C@H](C)OC)c2c3cc(ccc31)-c1csc(n1)C[C@H](NC(=O)C(=C(C)C)N(C)C(=O)N(C)C1(COC)COC1)C(=O)N1CCC[C@H](N1)C(=O)OCC(C)(C)C2. The third-order valence-corrected chi connectivity index (χ3v) is 13.5. The molecule has 3 aliphatic rings. The number of hydrogen-bond donors (Lipinski definition) is 2. The lowest BCUT2D eigenvalue weighted by Gasteiger charge is -2.48. The molecule has 7 rings (SSSR count). The zero-order chi connectivity index (χ0) is 46.1. The number of aromatic nitrogens is 3. The lowest BCUT2D eigenvalue weighted by molar-refractivity contribution is -0.155. The summed E-state index contributed by atoms with van der Waals surface area (Å²) in [6.45, 7) is 13.8. The summed E-state index contributed by atoms with van der Waals surface area (Å²) < 4.78 is 25.1. The zero-order valence-corrected chi connectivity index (χ0v) is 39.5. The van der Waals surface area contributed by atoms with Gasteiger partial charge in [-0.15, -0.1) is 11.3 Å². The third-order valence-electron chi connectivity index (χ3n) is 12.6. The number of allylic oxidation sites excluding steroid dienone is 1. The Bertz CT molecular complexity index is 2430. The fourth-order valence-corrected chi connectivity index (χ4v) is 9.86. The van der Waals surface area contributed by atoms with E-state index in [0.29, 0.717) is 56.1 Å². The Morgan fingerprint density at radius 3 is 2.56 bits per heavy atom. The van der Waals surface area contributed by atoms with Gasteiger partial charge in [-0.2, -0.15) is 0 Å². The number of benzene rings is 1. The second kappa shape index (κ2) is 19.1. The summed E-state index contributed by atoms with van der Waals surface area (Å²) in [5, 5.41) is 8.02. The van der Waals surface area contributed by atoms with Gasteiger partial charge in [0.15, 0.2) is 0 Å². The number of fused-ring (bicyclic) bond motifs is 6. The van der Waals surface area contributed by atoms with Gasteiger partial charge in [-0.1, -0.05) is 19.9 Å². The molecule has 2 N–H and O–H groups in total. The minimum Gasteiger partial charge on any atom is -0.464 e. The smallest absolute Gasteiger partial charge is 0.324 e. The molecule has 0 aliphatic carbocycles. The number of carbonyl (C=O) groups is 4. The summed E-state index contributed by atoms with van der Waals surface area (Å²) in [5.41, 5.74) is 9.25. The average Bonchev–Trinajstić information content (AvgIpc) is 3.86. The summed E-state index contributed by atoms with van der Waals surface area (Å²) in [6, 6.07) is 8.07. The number of pyridine rings is 1. The van der Waals surface area contributed by atoms with Crippen LogP contribution in [0.1, 0.15) is 76.8 Å². The number of methoxy groups -OCH3 is 2. The van der Waals surface area contributed by atoms with Gasteiger partial charge in [0, 0.05) is 86.8 Å². The number of aryl methyl sites for hydroxylation is 1. The molecule has 4 amide bonds. The van der Waals surface area contributed by atoms with Crippen LogP contribution in [0.4, 0.5) is 4.79 Å². The van der Waals surface area contributed by atoms with Crippen molar-refractivity contribution < 1.29 is 38.1 Å². The molecular weight excluding hydrogens is 837 g/mol. The molecule has 2 fully saturated rings. The Morgan fingerprint density at radius 1 is 1.12 bits per heavy atom. The predicted octanol–water partition coefficient (Wildman–Crippen LogP) is 5.90. The molecule has 6 bridgehead atoms. The number of ether oxygens (including phenoxy) is 4. The zero-order valence-electron chi connectivity index (χ0n) is 38.7. The van der Waals surface area contributed by atoms with E-state index in [1.54, 1.807) is 53.3 Å². The van der Waals surface area contributed by atoms with Crippen molar-refractivity contribution in [3.05, 3.63) is 69.4 Å². The maximum atomic E-state index is 14.6. The van der Waals surface area contributed by atoms with E-state index in [-0.39, 0.29) is 31.4 Å². The maximum Gasteiger partial charge on any atom is 0.324 e. The minimum absolute atomic E-state index is 0.0595. The summed E-state index contributed by atoms with van der Waals surface area (Å²) in [7, 11) is 6.46. The van der Waals surface area contributed by atoms with Crippen molar-refractivity contribution >= 4 is 46.1 Å². The number of amides is 4. The average molecular weight is 899 g/mol. The standard InChI is InChI=1S/C47H62N8O8S/c1-11-54-37-17-16-30-20-32(37)33(41(54)31-14-12-18-48-39(31)29(4)61-10)22-46(5,6)24-63-44(58)34-15-13-19-55(51-34)43(57)35(21-38-49-36(30)23-64-38)50-42(56)40(28(2)3)52(7)45(59)53(8)47(25-60-9)26-62-27-47/h12,14,16-18,20,23,29,34-35,51H,11,13,15,19,21-22,24-27H2,1-10H3,(H,50,56)/t29-,34-,35-/m0/s1. The Balaban J connectivity index is 1.29. The van der Waals surface area contributed by atoms with Crippen LogP contribution in [0.2, 0.25) is 0 Å². The third kappa shape index (κ3) is 9.18. The van der Waals surface area contributed by atoms with Crippen molar-refractivity contribution in [3.63, 3.8) is 0 Å². The Labute approximate surface area is 379 Å². The van der Waals surface area contributed by atoms with Crippen molar-refractivity contribution in [3.8, 4) is 22.5 Å². The predicted molar refractivity (Wildman–Crippen MR) is 244 cm³/mol. The summed E-state index contributed by atoms with van der Waals surface area (Å²) in [6.07, 6.45) is 3.17. The second-order valence-electron chi connectivity index (χ2n) is 18.1. The molecule has 1 aromatic carbocycles. The Hall–Kier alpha value is -5.20. The van der Waals surface area contributed by atoms with Gasteiger partial charge in [-0.05, 0) is 82.4 Å². The van der Waals surface area contributed by atoms with E-state index in [1.165, 1.54) is 21.2 Å². The fourth-order valence-electron chi connectivity index (χ4n) is 9.01. The number of carbonyl (C=O) groups excluding carboxylic acids is 4. The quantitative estimate of drug-likeness (QED) is 0.144. The molecular formula is C47H62N8O8S. The first-order valence-corrected chi connectivity index (χ1v) is 22.8. The molecule has 0 spiro atoms. The molecule has 0 unspecified atom stereocenters. The number of nitrogens with zero attached hydrogens (tertiary/aromatic N) is 6. The first kappa shape index (κ1) is 46.8. The molecule has 0 saturated carbocycles. The monoisotopic (exact) mass is 898 g/mol. The van der Waals surface area contributed by atoms with Crippen LogP contribution in [0.25, 0.3) is 33.4 Å². The van der Waals surface area contributed by atoms with Crippen LogP contribution in [0.5, 0.6) is 0 Å². The van der Waals surface area contributed by atoms with Crippen molar-refractivity contribution in [1.82, 2.24) is 40.1 Å².